The topological polar surface area (TPSA) is 78.6 Å². The fourth-order valence-electron chi connectivity index (χ4n) is 3.74. The van der Waals surface area contributed by atoms with Gasteiger partial charge in [0.2, 0.25) is 5.91 Å². The highest BCUT2D eigenvalue weighted by Gasteiger charge is 2.29. The van der Waals surface area contributed by atoms with Gasteiger partial charge in [0.1, 0.15) is 6.23 Å². The fraction of sp³-hybridized carbons (Fsp3) is 0.409. The minimum atomic E-state index is -0.735. The maximum absolute atomic E-state index is 12.8. The van der Waals surface area contributed by atoms with Gasteiger partial charge in [0, 0.05) is 36.6 Å². The molecule has 0 radical (unpaired) electrons. The van der Waals surface area contributed by atoms with Crippen LogP contribution >= 0.6 is 11.6 Å². The molecule has 0 saturated carbocycles. The molecular formula is C22H28ClN3O2. The van der Waals surface area contributed by atoms with Crippen LogP contribution in [0.2, 0.25) is 5.02 Å². The molecule has 1 saturated heterocycles. The van der Waals surface area contributed by atoms with E-state index in [-0.39, 0.29) is 18.0 Å². The third-order valence-electron chi connectivity index (χ3n) is 5.24. The third-order valence-corrected chi connectivity index (χ3v) is 5.61. The molecule has 6 heteroatoms. The van der Waals surface area contributed by atoms with Gasteiger partial charge < -0.3 is 15.7 Å². The summed E-state index contributed by atoms with van der Waals surface area (Å²) in [6.07, 6.45) is 2.04. The monoisotopic (exact) mass is 401 g/mol. The lowest BCUT2D eigenvalue weighted by Gasteiger charge is -2.27. The Hall–Kier alpha value is -1.92. The van der Waals surface area contributed by atoms with Gasteiger partial charge in [0.05, 0.1) is 0 Å². The molecule has 150 valence electrons. The minimum Gasteiger partial charge on any atom is -0.374 e. The van der Waals surface area contributed by atoms with Crippen LogP contribution in [0.4, 0.5) is 0 Å². The van der Waals surface area contributed by atoms with Crippen molar-refractivity contribution in [1.29, 1.82) is 0 Å². The van der Waals surface area contributed by atoms with Crippen LogP contribution in [0.15, 0.2) is 54.6 Å². The SMILES string of the molecule is N[C@@H](CC(=O)N1CCC[C@H]1CNC(O)c1ccccc1)Cc1ccccc1Cl. The van der Waals surface area contributed by atoms with E-state index in [1.165, 1.54) is 0 Å². The number of aliphatic hydroxyl groups excluding tert-OH is 1. The quantitative estimate of drug-likeness (QED) is 0.594. The molecule has 3 atom stereocenters. The van der Waals surface area contributed by atoms with Gasteiger partial charge in [-0.25, -0.2) is 0 Å². The molecule has 0 bridgehead atoms. The van der Waals surface area contributed by atoms with Gasteiger partial charge in [0.25, 0.3) is 0 Å². The number of nitrogens with two attached hydrogens (primary N) is 1. The highest BCUT2D eigenvalue weighted by molar-refractivity contribution is 6.31. The van der Waals surface area contributed by atoms with Crippen molar-refractivity contribution in [3.05, 3.63) is 70.7 Å². The van der Waals surface area contributed by atoms with Gasteiger partial charge in [-0.15, -0.1) is 0 Å². The molecule has 1 aliphatic rings. The number of halogens is 1. The second-order valence-corrected chi connectivity index (χ2v) is 7.77. The number of nitrogens with one attached hydrogen (secondary N) is 1. The molecule has 4 N–H and O–H groups in total. The highest BCUT2D eigenvalue weighted by atomic mass is 35.5. The van der Waals surface area contributed by atoms with Crippen molar-refractivity contribution in [2.45, 2.75) is 44.0 Å². The van der Waals surface area contributed by atoms with Crippen molar-refractivity contribution in [2.24, 2.45) is 5.73 Å². The van der Waals surface area contributed by atoms with Gasteiger partial charge in [-0.3, -0.25) is 10.1 Å². The molecule has 1 amide bonds. The molecule has 3 rings (SSSR count). The van der Waals surface area contributed by atoms with Crippen molar-refractivity contribution in [3.8, 4) is 0 Å². The maximum atomic E-state index is 12.8. The number of benzene rings is 2. The third kappa shape index (κ3) is 5.55. The summed E-state index contributed by atoms with van der Waals surface area (Å²) in [6.45, 7) is 1.30. The van der Waals surface area contributed by atoms with Gasteiger partial charge in [-0.05, 0) is 36.5 Å². The van der Waals surface area contributed by atoms with Gasteiger partial charge >= 0.3 is 0 Å². The van der Waals surface area contributed by atoms with Crippen LogP contribution in [0.5, 0.6) is 0 Å². The number of hydrogen-bond acceptors (Lipinski definition) is 4. The Morgan fingerprint density at radius 2 is 1.93 bits per heavy atom. The summed E-state index contributed by atoms with van der Waals surface area (Å²) in [5.74, 6) is 0.0676. The van der Waals surface area contributed by atoms with Gasteiger partial charge in [-0.2, -0.15) is 0 Å². The summed E-state index contributed by atoms with van der Waals surface area (Å²) in [5.41, 5.74) is 8.01. The molecule has 0 aromatic heterocycles. The average Bonchev–Trinajstić information content (AvgIpc) is 3.17. The van der Waals surface area contributed by atoms with Crippen LogP contribution in [0.3, 0.4) is 0 Å². The van der Waals surface area contributed by atoms with Gasteiger partial charge in [-0.1, -0.05) is 60.1 Å². The number of amides is 1. The summed E-state index contributed by atoms with van der Waals surface area (Å²) < 4.78 is 0. The summed E-state index contributed by atoms with van der Waals surface area (Å²) in [6, 6.07) is 16.9. The van der Waals surface area contributed by atoms with E-state index < -0.39 is 6.23 Å². The van der Waals surface area contributed by atoms with E-state index in [1.807, 2.05) is 59.5 Å². The summed E-state index contributed by atoms with van der Waals surface area (Å²) in [4.78, 5) is 14.7. The Balaban J connectivity index is 1.50. The predicted molar refractivity (Wildman–Crippen MR) is 112 cm³/mol. The van der Waals surface area contributed by atoms with Crippen LogP contribution in [-0.2, 0) is 11.2 Å². The standard InChI is InChI=1S/C22H28ClN3O2/c23-20-11-5-4-9-17(20)13-18(24)14-21(27)26-12-6-10-19(26)15-25-22(28)16-7-2-1-3-8-16/h1-5,7-9,11,18-19,22,25,28H,6,10,12-15,24H2/t18-,19+,22?/m1/s1. The van der Waals surface area contributed by atoms with Gasteiger partial charge in [0.15, 0.2) is 0 Å². The fourth-order valence-corrected chi connectivity index (χ4v) is 3.95. The van der Waals surface area contributed by atoms with Crippen molar-refractivity contribution < 1.29 is 9.90 Å². The summed E-state index contributed by atoms with van der Waals surface area (Å²) in [7, 11) is 0. The lowest BCUT2D eigenvalue weighted by Crippen LogP contribution is -2.44. The van der Waals surface area contributed by atoms with Crippen molar-refractivity contribution in [3.63, 3.8) is 0 Å². The van der Waals surface area contributed by atoms with E-state index in [2.05, 4.69) is 5.32 Å². The van der Waals surface area contributed by atoms with Crippen molar-refractivity contribution in [2.75, 3.05) is 13.1 Å². The van der Waals surface area contributed by atoms with Crippen LogP contribution in [-0.4, -0.2) is 41.1 Å². The number of carbonyl (C=O) groups excluding carboxylic acids is 1. The zero-order valence-corrected chi connectivity index (χ0v) is 16.7. The molecule has 2 aromatic carbocycles. The molecule has 0 aliphatic carbocycles. The van der Waals surface area contributed by atoms with E-state index in [1.54, 1.807) is 0 Å². The Morgan fingerprint density at radius 3 is 2.68 bits per heavy atom. The Labute approximate surface area is 171 Å². The molecule has 0 spiro atoms. The first-order chi connectivity index (χ1) is 13.5. The lowest BCUT2D eigenvalue weighted by molar-refractivity contribution is -0.132. The Kier molecular flexibility index (Phi) is 7.45. The molecule has 28 heavy (non-hydrogen) atoms. The summed E-state index contributed by atoms with van der Waals surface area (Å²) in [5, 5.41) is 14.1. The van der Waals surface area contributed by atoms with E-state index in [4.69, 9.17) is 17.3 Å². The average molecular weight is 402 g/mol. The molecular weight excluding hydrogens is 374 g/mol. The second-order valence-electron chi connectivity index (χ2n) is 7.36. The van der Waals surface area contributed by atoms with Crippen LogP contribution in [0.25, 0.3) is 0 Å². The molecule has 1 unspecified atom stereocenters. The van der Waals surface area contributed by atoms with E-state index in [0.717, 1.165) is 30.5 Å². The Morgan fingerprint density at radius 1 is 1.21 bits per heavy atom. The number of aliphatic hydroxyl groups is 1. The lowest BCUT2D eigenvalue weighted by atomic mass is 10.0. The zero-order chi connectivity index (χ0) is 19.9. The van der Waals surface area contributed by atoms with Crippen LogP contribution < -0.4 is 11.1 Å². The van der Waals surface area contributed by atoms with Crippen molar-refractivity contribution >= 4 is 17.5 Å². The maximum Gasteiger partial charge on any atom is 0.224 e. The van der Waals surface area contributed by atoms with Crippen molar-refractivity contribution in [1.82, 2.24) is 10.2 Å². The molecule has 5 nitrogen and oxygen atoms in total. The number of nitrogens with zero attached hydrogens (tertiary/aromatic N) is 1. The second kappa shape index (κ2) is 10.0. The predicted octanol–water partition coefficient (Wildman–Crippen LogP) is 2.87. The molecule has 1 fully saturated rings. The number of likely N-dealkylation sites (tertiary alicyclic amines) is 1. The first-order valence-electron chi connectivity index (χ1n) is 9.79. The molecule has 1 heterocycles. The molecule has 1 aliphatic heterocycles. The summed E-state index contributed by atoms with van der Waals surface area (Å²) >= 11 is 6.19. The van der Waals surface area contributed by atoms with E-state index in [0.29, 0.717) is 24.4 Å². The molecule has 2 aromatic rings. The number of carbonyl (C=O) groups is 1. The minimum absolute atomic E-state index is 0.0676. The normalized spacial score (nSPS) is 18.8. The van der Waals surface area contributed by atoms with Crippen LogP contribution in [0, 0.1) is 0 Å². The first kappa shape index (κ1) is 20.8. The van der Waals surface area contributed by atoms with E-state index >= 15 is 0 Å². The smallest absolute Gasteiger partial charge is 0.224 e. The zero-order valence-electron chi connectivity index (χ0n) is 15.9. The van der Waals surface area contributed by atoms with Crippen LogP contribution in [0.1, 0.15) is 36.6 Å². The number of rotatable bonds is 8. The highest BCUT2D eigenvalue weighted by Crippen LogP contribution is 2.21. The largest absolute Gasteiger partial charge is 0.374 e. The first-order valence-corrected chi connectivity index (χ1v) is 10.2. The van der Waals surface area contributed by atoms with E-state index in [9.17, 15) is 9.90 Å². The Bertz CT molecular complexity index is 771. The number of hydrogen-bond donors (Lipinski definition) is 3.